The molecule has 1 aliphatic carbocycles. The highest BCUT2D eigenvalue weighted by atomic mass is 32.2. The number of thiazole rings is 1. The Balaban J connectivity index is 1.58. The summed E-state index contributed by atoms with van der Waals surface area (Å²) in [7, 11) is -1.18. The molecule has 0 radical (unpaired) electrons. The smallest absolute Gasteiger partial charge is 0.353 e. The number of carbonyl (C=O) groups is 1. The van der Waals surface area contributed by atoms with Crippen molar-refractivity contribution in [1.82, 2.24) is 4.98 Å². The van der Waals surface area contributed by atoms with Gasteiger partial charge in [-0.3, -0.25) is 5.14 Å². The van der Waals surface area contributed by atoms with Crippen LogP contribution in [0.15, 0.2) is 20.1 Å². The van der Waals surface area contributed by atoms with Gasteiger partial charge in [0.15, 0.2) is 4.34 Å². The van der Waals surface area contributed by atoms with Gasteiger partial charge in [-0.1, -0.05) is 6.07 Å². The van der Waals surface area contributed by atoms with Gasteiger partial charge in [0.05, 0.1) is 18.0 Å². The van der Waals surface area contributed by atoms with Crippen molar-refractivity contribution in [2.24, 2.45) is 9.50 Å². The molecule has 2 aromatic rings. The van der Waals surface area contributed by atoms with Gasteiger partial charge in [-0.15, -0.1) is 15.7 Å². The minimum absolute atomic E-state index is 0.501. The summed E-state index contributed by atoms with van der Waals surface area (Å²) in [6, 6.07) is 1.71. The van der Waals surface area contributed by atoms with E-state index in [0.29, 0.717) is 16.6 Å². The average Bonchev–Trinajstić information content (AvgIpc) is 3.33. The van der Waals surface area contributed by atoms with Crippen LogP contribution < -0.4 is 15.2 Å². The van der Waals surface area contributed by atoms with E-state index in [4.69, 9.17) is 9.88 Å². The van der Waals surface area contributed by atoms with E-state index in [1.807, 2.05) is 0 Å². The van der Waals surface area contributed by atoms with Crippen molar-refractivity contribution in [1.29, 1.82) is 0 Å². The first-order chi connectivity index (χ1) is 12.8. The van der Waals surface area contributed by atoms with Gasteiger partial charge in [0.2, 0.25) is 0 Å². The lowest BCUT2D eigenvalue weighted by molar-refractivity contribution is 0.0741. The number of urea groups is 1. The van der Waals surface area contributed by atoms with Crippen LogP contribution in [0, 0.1) is 0 Å². The third-order valence-electron chi connectivity index (χ3n) is 4.75. The van der Waals surface area contributed by atoms with Gasteiger partial charge in [0.25, 0.3) is 0 Å². The van der Waals surface area contributed by atoms with E-state index in [2.05, 4.69) is 20.7 Å². The first-order valence-electron chi connectivity index (χ1n) is 8.83. The minimum Gasteiger partial charge on any atom is -0.491 e. The quantitative estimate of drug-likeness (QED) is 0.726. The third-order valence-corrected chi connectivity index (χ3v) is 7.00. The van der Waals surface area contributed by atoms with Crippen LogP contribution in [0.3, 0.4) is 0 Å². The number of amides is 2. The zero-order chi connectivity index (χ0) is 19.2. The fourth-order valence-electron chi connectivity index (χ4n) is 3.42. The number of anilines is 1. The molecule has 2 heterocycles. The van der Waals surface area contributed by atoms with Gasteiger partial charge >= 0.3 is 6.03 Å². The molecule has 0 bridgehead atoms. The number of hydrogen-bond donors (Lipinski definition) is 3. The lowest BCUT2D eigenvalue weighted by atomic mass is 10.0. The van der Waals surface area contributed by atoms with Gasteiger partial charge < -0.3 is 15.2 Å². The number of aromatic nitrogens is 1. The Morgan fingerprint density at radius 3 is 2.96 bits per heavy atom. The molecule has 4 rings (SSSR count). The first kappa shape index (κ1) is 18.5. The Hall–Kier alpha value is -1.81. The predicted octanol–water partition coefficient (Wildman–Crippen LogP) is 3.06. The van der Waals surface area contributed by atoms with E-state index in [1.165, 1.54) is 16.9 Å². The average molecular weight is 407 g/mol. The predicted molar refractivity (Wildman–Crippen MR) is 106 cm³/mol. The molecule has 0 saturated carbocycles. The summed E-state index contributed by atoms with van der Waals surface area (Å²) in [5.74, 6) is 0.773. The van der Waals surface area contributed by atoms with Gasteiger partial charge in [-0.05, 0) is 49.8 Å². The van der Waals surface area contributed by atoms with E-state index in [9.17, 15) is 9.90 Å². The van der Waals surface area contributed by atoms with Crippen molar-refractivity contribution in [2.75, 3.05) is 11.9 Å². The number of nitrogens with two attached hydrogens (primary N) is 1. The summed E-state index contributed by atoms with van der Waals surface area (Å²) in [6.07, 6.45) is 3.90. The molecule has 9 heteroatoms. The molecule has 2 amide bonds. The highest BCUT2D eigenvalue weighted by Gasteiger charge is 2.26. The molecule has 1 aliphatic heterocycles. The number of aliphatic hydroxyl groups is 1. The van der Waals surface area contributed by atoms with Crippen molar-refractivity contribution in [3.63, 3.8) is 0 Å². The van der Waals surface area contributed by atoms with E-state index in [1.54, 1.807) is 19.2 Å². The molecule has 2 aliphatic rings. The number of rotatable bonds is 3. The van der Waals surface area contributed by atoms with Crippen LogP contribution in [0.25, 0.3) is 0 Å². The Labute approximate surface area is 164 Å². The molecule has 1 aromatic carbocycles. The minimum atomic E-state index is -1.18. The Morgan fingerprint density at radius 2 is 2.22 bits per heavy atom. The molecule has 1 aromatic heterocycles. The number of aryl methyl sites for hydroxylation is 1. The molecule has 1 unspecified atom stereocenters. The number of ether oxygens (including phenoxy) is 1. The molecular formula is C18H22N4O3S2. The maximum Gasteiger partial charge on any atom is 0.353 e. The molecular weight excluding hydrogens is 384 g/mol. The molecule has 7 nitrogen and oxygen atoms in total. The highest BCUT2D eigenvalue weighted by Crippen LogP contribution is 2.42. The highest BCUT2D eigenvalue weighted by molar-refractivity contribution is 7.87. The van der Waals surface area contributed by atoms with Crippen molar-refractivity contribution in [2.45, 2.75) is 49.5 Å². The first-order valence-corrected chi connectivity index (χ1v) is 11.0. The lowest BCUT2D eigenvalue weighted by Gasteiger charge is -2.14. The number of hydrogen-bond acceptors (Lipinski definition) is 5. The van der Waals surface area contributed by atoms with E-state index >= 15 is 0 Å². The molecule has 144 valence electrons. The SMILES string of the molecule is CC(C)(O)c1csc(/S(N)=N/C(=O)Nc2c3c(cc4c2OCC4)CCC3)n1. The van der Waals surface area contributed by atoms with Crippen LogP contribution in [-0.2, 0) is 35.7 Å². The molecule has 0 fully saturated rings. The largest absolute Gasteiger partial charge is 0.491 e. The Morgan fingerprint density at radius 1 is 1.41 bits per heavy atom. The zero-order valence-corrected chi connectivity index (χ0v) is 16.9. The van der Waals surface area contributed by atoms with Crippen molar-refractivity contribution >= 4 is 33.9 Å². The van der Waals surface area contributed by atoms with Gasteiger partial charge in [-0.2, -0.15) is 0 Å². The summed E-state index contributed by atoms with van der Waals surface area (Å²) in [4.78, 5) is 16.8. The maximum atomic E-state index is 12.5. The van der Waals surface area contributed by atoms with Crippen LogP contribution >= 0.6 is 11.3 Å². The second-order valence-corrected chi connectivity index (χ2v) is 9.54. The second kappa shape index (κ2) is 6.97. The van der Waals surface area contributed by atoms with Crippen LogP contribution in [0.2, 0.25) is 0 Å². The fourth-order valence-corrected chi connectivity index (χ4v) is 5.27. The summed E-state index contributed by atoms with van der Waals surface area (Å²) >= 11 is 1.29. The number of carbonyl (C=O) groups excluding carboxylic acids is 1. The number of nitrogens with one attached hydrogen (secondary N) is 1. The van der Waals surface area contributed by atoms with Crippen molar-refractivity contribution in [3.8, 4) is 5.75 Å². The van der Waals surface area contributed by atoms with Crippen molar-refractivity contribution in [3.05, 3.63) is 33.8 Å². The molecule has 0 saturated heterocycles. The molecule has 27 heavy (non-hydrogen) atoms. The second-order valence-electron chi connectivity index (χ2n) is 7.22. The maximum absolute atomic E-state index is 12.5. The number of nitrogens with zero attached hydrogens (tertiary/aromatic N) is 2. The molecule has 1 atom stereocenters. The molecule has 4 N–H and O–H groups in total. The van der Waals surface area contributed by atoms with Crippen LogP contribution in [-0.4, -0.2) is 22.7 Å². The van der Waals surface area contributed by atoms with Crippen LogP contribution in [0.4, 0.5) is 10.5 Å². The monoisotopic (exact) mass is 406 g/mol. The normalized spacial score (nSPS) is 16.7. The summed E-state index contributed by atoms with van der Waals surface area (Å²) in [6.45, 7) is 3.94. The van der Waals surface area contributed by atoms with E-state index in [-0.39, 0.29) is 0 Å². The van der Waals surface area contributed by atoms with Gasteiger partial charge in [-0.25, -0.2) is 9.78 Å². The fraction of sp³-hybridized carbons (Fsp3) is 0.444. The number of fused-ring (bicyclic) bond motifs is 2. The topological polar surface area (TPSA) is 110 Å². The lowest BCUT2D eigenvalue weighted by Crippen LogP contribution is -2.17. The number of benzene rings is 1. The van der Waals surface area contributed by atoms with E-state index < -0.39 is 22.5 Å². The van der Waals surface area contributed by atoms with Crippen molar-refractivity contribution < 1.29 is 14.6 Å². The standard InChI is InChI=1S/C18H22N4O3S2/c1-18(2,24)13-9-26-17(20-13)27(19)22-16(23)21-14-12-5-3-4-10(12)8-11-6-7-25-15(11)14/h8-9,24H,3-7H2,1-2H3,(H3,19,21,22,23). The summed E-state index contributed by atoms with van der Waals surface area (Å²) < 4.78 is 10.3. The van der Waals surface area contributed by atoms with Gasteiger partial charge in [0.1, 0.15) is 11.4 Å². The van der Waals surface area contributed by atoms with Crippen LogP contribution in [0.5, 0.6) is 5.75 Å². The zero-order valence-electron chi connectivity index (χ0n) is 15.2. The summed E-state index contributed by atoms with van der Waals surface area (Å²) in [5.41, 5.74) is 3.80. The Kier molecular flexibility index (Phi) is 4.79. The molecule has 0 spiro atoms. The third kappa shape index (κ3) is 3.64. The van der Waals surface area contributed by atoms with E-state index in [0.717, 1.165) is 48.2 Å². The summed E-state index contributed by atoms with van der Waals surface area (Å²) in [5, 5.41) is 20.7. The van der Waals surface area contributed by atoms with Crippen LogP contribution in [0.1, 0.15) is 42.7 Å². The van der Waals surface area contributed by atoms with Gasteiger partial charge in [0, 0.05) is 22.7 Å². The Bertz CT molecular complexity index is 915.